The molecule has 0 heterocycles. The summed E-state index contributed by atoms with van der Waals surface area (Å²) >= 11 is 0.825. The Kier molecular flexibility index (Phi) is 5.68. The predicted molar refractivity (Wildman–Crippen MR) is 66.6 cm³/mol. The van der Waals surface area contributed by atoms with Crippen LogP contribution in [0.4, 0.5) is 18.9 Å². The van der Waals surface area contributed by atoms with E-state index in [9.17, 15) is 13.2 Å². The number of halogens is 3. The fourth-order valence-corrected chi connectivity index (χ4v) is 2.09. The van der Waals surface area contributed by atoms with Crippen molar-refractivity contribution in [3.05, 3.63) is 24.3 Å². The van der Waals surface area contributed by atoms with E-state index >= 15 is 0 Å². The van der Waals surface area contributed by atoms with Crippen LogP contribution in [0.25, 0.3) is 0 Å². The molecule has 0 unspecified atom stereocenters. The third kappa shape index (κ3) is 5.86. The quantitative estimate of drug-likeness (QED) is 0.596. The highest BCUT2D eigenvalue weighted by Gasteiger charge is 2.27. The van der Waals surface area contributed by atoms with Gasteiger partial charge in [0.15, 0.2) is 0 Å². The summed E-state index contributed by atoms with van der Waals surface area (Å²) in [6.07, 6.45) is -2.05. The fourth-order valence-electron chi connectivity index (χ4n) is 1.30. The van der Waals surface area contributed by atoms with E-state index in [0.717, 1.165) is 36.8 Å². The largest absolute Gasteiger partial charge is 0.398 e. The lowest BCUT2D eigenvalue weighted by molar-refractivity contribution is -0.105. The summed E-state index contributed by atoms with van der Waals surface area (Å²) < 4.78 is 36.4. The minimum atomic E-state index is -4.12. The minimum absolute atomic E-state index is 0.654. The molecule has 0 aromatic heterocycles. The Balaban J connectivity index is 2.58. The monoisotopic (exact) mass is 263 g/mol. The Morgan fingerprint density at radius 2 is 1.94 bits per heavy atom. The van der Waals surface area contributed by atoms with Gasteiger partial charge in [0, 0.05) is 17.1 Å². The van der Waals surface area contributed by atoms with Crippen molar-refractivity contribution in [1.29, 1.82) is 0 Å². The Hall–Kier alpha value is -0.840. The molecule has 1 aromatic rings. The molecule has 1 aromatic carbocycles. The molecule has 0 aliphatic carbocycles. The first-order valence-electron chi connectivity index (χ1n) is 5.55. The molecular weight excluding hydrogens is 247 g/mol. The second-order valence-corrected chi connectivity index (χ2v) is 4.70. The van der Waals surface area contributed by atoms with Crippen LogP contribution in [0.2, 0.25) is 0 Å². The minimum Gasteiger partial charge on any atom is -0.384 e. The Morgan fingerprint density at radius 3 is 2.59 bits per heavy atom. The van der Waals surface area contributed by atoms with Crippen molar-refractivity contribution in [2.75, 3.05) is 17.6 Å². The molecule has 0 fully saturated rings. The van der Waals surface area contributed by atoms with Gasteiger partial charge in [0.05, 0.1) is 5.75 Å². The normalized spacial score (nSPS) is 11.5. The first-order valence-corrected chi connectivity index (χ1v) is 6.54. The van der Waals surface area contributed by atoms with E-state index in [-0.39, 0.29) is 0 Å². The number of hydrogen-bond acceptors (Lipinski definition) is 2. The molecule has 0 atom stereocenters. The van der Waals surface area contributed by atoms with Crippen molar-refractivity contribution in [3.8, 4) is 0 Å². The molecule has 0 saturated heterocycles. The molecule has 0 radical (unpaired) electrons. The van der Waals surface area contributed by atoms with Crippen LogP contribution in [-0.4, -0.2) is 18.5 Å². The third-order valence-corrected chi connectivity index (χ3v) is 3.26. The van der Waals surface area contributed by atoms with Gasteiger partial charge in [-0.15, -0.1) is 11.8 Å². The molecule has 1 nitrogen and oxygen atoms in total. The fraction of sp³-hybridized carbons (Fsp3) is 0.500. The third-order valence-electron chi connectivity index (χ3n) is 2.12. The molecule has 0 aliphatic rings. The van der Waals surface area contributed by atoms with Crippen molar-refractivity contribution >= 4 is 17.4 Å². The van der Waals surface area contributed by atoms with Gasteiger partial charge in [0.25, 0.3) is 0 Å². The van der Waals surface area contributed by atoms with Gasteiger partial charge in [0.1, 0.15) is 0 Å². The van der Waals surface area contributed by atoms with Crippen LogP contribution >= 0.6 is 11.8 Å². The molecule has 0 amide bonds. The molecule has 96 valence electrons. The molecule has 17 heavy (non-hydrogen) atoms. The summed E-state index contributed by atoms with van der Waals surface area (Å²) in [5.41, 5.74) is 0.787. The summed E-state index contributed by atoms with van der Waals surface area (Å²) in [4.78, 5) is 0.654. The summed E-state index contributed by atoms with van der Waals surface area (Å²) in [5, 5.41) is 3.16. The number of nitrogens with one attached hydrogen (secondary N) is 1. The smallest absolute Gasteiger partial charge is 0.384 e. The van der Waals surface area contributed by atoms with E-state index in [0.29, 0.717) is 4.90 Å². The summed E-state index contributed by atoms with van der Waals surface area (Å²) in [7, 11) is 0. The van der Waals surface area contributed by atoms with Gasteiger partial charge in [-0.3, -0.25) is 0 Å². The zero-order chi connectivity index (χ0) is 12.7. The van der Waals surface area contributed by atoms with Crippen LogP contribution in [0.3, 0.4) is 0 Å². The molecule has 0 saturated carbocycles. The van der Waals surface area contributed by atoms with E-state index in [1.165, 1.54) is 0 Å². The Labute approximate surface area is 104 Å². The average Bonchev–Trinajstić information content (AvgIpc) is 2.27. The highest BCUT2D eigenvalue weighted by molar-refractivity contribution is 7.99. The summed E-state index contributed by atoms with van der Waals surface area (Å²) in [6, 6.07) is 7.11. The molecule has 5 heteroatoms. The van der Waals surface area contributed by atoms with Gasteiger partial charge < -0.3 is 5.32 Å². The number of anilines is 1. The van der Waals surface area contributed by atoms with E-state index in [4.69, 9.17) is 0 Å². The van der Waals surface area contributed by atoms with Gasteiger partial charge in [0.2, 0.25) is 0 Å². The molecule has 0 aliphatic heterocycles. The lowest BCUT2D eigenvalue weighted by Crippen LogP contribution is -2.11. The van der Waals surface area contributed by atoms with Gasteiger partial charge >= 0.3 is 6.18 Å². The number of para-hydroxylation sites is 1. The maximum absolute atomic E-state index is 12.1. The second kappa shape index (κ2) is 6.79. The molecule has 0 bridgehead atoms. The van der Waals surface area contributed by atoms with E-state index in [1.54, 1.807) is 12.1 Å². The predicted octanol–water partition coefficient (Wildman–Crippen LogP) is 4.55. The van der Waals surface area contributed by atoms with Crippen molar-refractivity contribution < 1.29 is 13.2 Å². The van der Waals surface area contributed by atoms with Crippen molar-refractivity contribution in [2.45, 2.75) is 30.8 Å². The zero-order valence-corrected chi connectivity index (χ0v) is 10.5. The zero-order valence-electron chi connectivity index (χ0n) is 9.68. The Morgan fingerprint density at radius 1 is 1.24 bits per heavy atom. The van der Waals surface area contributed by atoms with Crippen molar-refractivity contribution in [2.24, 2.45) is 0 Å². The molecule has 0 spiro atoms. The molecule has 1 rings (SSSR count). The van der Waals surface area contributed by atoms with Gasteiger partial charge in [-0.25, -0.2) is 0 Å². The standard InChI is InChI=1S/C12H16F3NS/c1-2-3-8-16-10-6-4-5-7-11(10)17-9-12(13,14)15/h4-7,16H,2-3,8-9H2,1H3. The van der Waals surface area contributed by atoms with Gasteiger partial charge in [-0.05, 0) is 18.6 Å². The number of rotatable bonds is 6. The first kappa shape index (κ1) is 14.2. The summed E-state index contributed by atoms with van der Waals surface area (Å²) in [5.74, 6) is -0.848. The number of benzene rings is 1. The van der Waals surface area contributed by atoms with E-state index in [1.807, 2.05) is 12.1 Å². The average molecular weight is 263 g/mol. The SMILES string of the molecule is CCCCNc1ccccc1SCC(F)(F)F. The first-order chi connectivity index (χ1) is 8.03. The van der Waals surface area contributed by atoms with Crippen molar-refractivity contribution in [3.63, 3.8) is 0 Å². The van der Waals surface area contributed by atoms with Crippen LogP contribution in [0.5, 0.6) is 0 Å². The topological polar surface area (TPSA) is 12.0 Å². The number of hydrogen-bond donors (Lipinski definition) is 1. The summed E-state index contributed by atoms with van der Waals surface area (Å²) in [6.45, 7) is 2.87. The van der Waals surface area contributed by atoms with E-state index in [2.05, 4.69) is 12.2 Å². The van der Waals surface area contributed by atoms with Crippen LogP contribution in [-0.2, 0) is 0 Å². The number of thioether (sulfide) groups is 1. The van der Waals surface area contributed by atoms with Gasteiger partial charge in [-0.2, -0.15) is 13.2 Å². The van der Waals surface area contributed by atoms with Crippen LogP contribution < -0.4 is 5.32 Å². The molecular formula is C12H16F3NS. The number of alkyl halides is 3. The molecule has 1 N–H and O–H groups in total. The van der Waals surface area contributed by atoms with E-state index < -0.39 is 11.9 Å². The van der Waals surface area contributed by atoms with Gasteiger partial charge in [-0.1, -0.05) is 25.5 Å². The van der Waals surface area contributed by atoms with Crippen LogP contribution in [0, 0.1) is 0 Å². The van der Waals surface area contributed by atoms with Crippen LogP contribution in [0.1, 0.15) is 19.8 Å². The highest BCUT2D eigenvalue weighted by Crippen LogP contribution is 2.31. The maximum Gasteiger partial charge on any atom is 0.398 e. The van der Waals surface area contributed by atoms with Crippen molar-refractivity contribution in [1.82, 2.24) is 0 Å². The second-order valence-electron chi connectivity index (χ2n) is 3.68. The maximum atomic E-state index is 12.1. The lowest BCUT2D eigenvalue weighted by Gasteiger charge is -2.12. The Bertz CT molecular complexity index is 339. The number of unbranched alkanes of at least 4 members (excludes halogenated alkanes) is 1. The lowest BCUT2D eigenvalue weighted by atomic mass is 10.3. The highest BCUT2D eigenvalue weighted by atomic mass is 32.2. The van der Waals surface area contributed by atoms with Crippen LogP contribution in [0.15, 0.2) is 29.2 Å².